The molecule has 1 rings (SSSR count). The molecule has 0 unspecified atom stereocenters. The topological polar surface area (TPSA) is 105 Å². The zero-order valence-corrected chi connectivity index (χ0v) is 12.4. The van der Waals surface area contributed by atoms with E-state index in [9.17, 15) is 13.2 Å². The molecule has 7 nitrogen and oxygen atoms in total. The molecule has 0 aliphatic carbocycles. The van der Waals surface area contributed by atoms with Gasteiger partial charge in [0.15, 0.2) is 6.61 Å². The van der Waals surface area contributed by atoms with E-state index in [1.54, 1.807) is 25.1 Å². The molecule has 0 aromatic heterocycles. The van der Waals surface area contributed by atoms with Gasteiger partial charge < -0.3 is 9.47 Å². The average Bonchev–Trinajstić information content (AvgIpc) is 2.43. The van der Waals surface area contributed by atoms with Crippen LogP contribution in [0.5, 0.6) is 5.75 Å². The van der Waals surface area contributed by atoms with E-state index in [1.807, 2.05) is 6.07 Å². The largest absolute Gasteiger partial charge is 0.479 e. The number of ether oxygens (including phenoxy) is 2. The standard InChI is InChI=1S/C13H16N2O5S/c1-2-19-13(16)6-9-21(17,18)15-11-4-3-5-12(10-11)20-8-7-14/h3-5,10,15H,2,6,8-9H2,1H3. The summed E-state index contributed by atoms with van der Waals surface area (Å²) in [5, 5.41) is 8.42. The monoisotopic (exact) mass is 312 g/mol. The van der Waals surface area contributed by atoms with Crippen LogP contribution in [-0.2, 0) is 19.6 Å². The Hall–Kier alpha value is -2.27. The molecular weight excluding hydrogens is 296 g/mol. The lowest BCUT2D eigenvalue weighted by molar-refractivity contribution is -0.142. The molecule has 0 radical (unpaired) electrons. The third-order valence-electron chi connectivity index (χ3n) is 2.29. The molecule has 0 saturated heterocycles. The van der Waals surface area contributed by atoms with E-state index in [0.717, 1.165) is 0 Å². The van der Waals surface area contributed by atoms with Crippen molar-refractivity contribution in [2.75, 3.05) is 23.7 Å². The SMILES string of the molecule is CCOC(=O)CCS(=O)(=O)Nc1cccc(OCC#N)c1. The molecule has 0 atom stereocenters. The van der Waals surface area contributed by atoms with E-state index in [0.29, 0.717) is 11.4 Å². The molecule has 0 amide bonds. The minimum atomic E-state index is -3.66. The summed E-state index contributed by atoms with van der Waals surface area (Å²) in [6.07, 6.45) is -0.214. The Kier molecular flexibility index (Phi) is 6.49. The number of hydrogen-bond donors (Lipinski definition) is 1. The molecule has 0 fully saturated rings. The second kappa shape index (κ2) is 8.11. The molecule has 0 aliphatic heterocycles. The van der Waals surface area contributed by atoms with Crippen LogP contribution in [0.15, 0.2) is 24.3 Å². The third-order valence-corrected chi connectivity index (χ3v) is 3.58. The highest BCUT2D eigenvalue weighted by molar-refractivity contribution is 7.92. The number of nitrogens with one attached hydrogen (secondary N) is 1. The lowest BCUT2D eigenvalue weighted by Crippen LogP contribution is -2.20. The maximum absolute atomic E-state index is 11.8. The number of anilines is 1. The summed E-state index contributed by atoms with van der Waals surface area (Å²) in [4.78, 5) is 11.1. The maximum atomic E-state index is 11.8. The predicted octanol–water partition coefficient (Wildman–Crippen LogP) is 1.28. The maximum Gasteiger partial charge on any atom is 0.306 e. The van der Waals surface area contributed by atoms with E-state index in [-0.39, 0.29) is 25.4 Å². The molecule has 21 heavy (non-hydrogen) atoms. The fourth-order valence-corrected chi connectivity index (χ4v) is 2.47. The highest BCUT2D eigenvalue weighted by Gasteiger charge is 2.14. The molecule has 0 heterocycles. The van der Waals surface area contributed by atoms with Crippen molar-refractivity contribution in [3.63, 3.8) is 0 Å². The van der Waals surface area contributed by atoms with Crippen LogP contribution < -0.4 is 9.46 Å². The van der Waals surface area contributed by atoms with Crippen LogP contribution in [-0.4, -0.2) is 33.4 Å². The van der Waals surface area contributed by atoms with E-state index < -0.39 is 16.0 Å². The van der Waals surface area contributed by atoms with Crippen molar-refractivity contribution < 1.29 is 22.7 Å². The van der Waals surface area contributed by atoms with Gasteiger partial charge in [0.25, 0.3) is 0 Å². The summed E-state index contributed by atoms with van der Waals surface area (Å²) >= 11 is 0. The van der Waals surface area contributed by atoms with Crippen molar-refractivity contribution in [3.05, 3.63) is 24.3 Å². The summed E-state index contributed by atoms with van der Waals surface area (Å²) in [5.41, 5.74) is 0.300. The Labute approximate surface area is 123 Å². The van der Waals surface area contributed by atoms with Crippen LogP contribution >= 0.6 is 0 Å². The quantitative estimate of drug-likeness (QED) is 0.725. The minimum absolute atomic E-state index is 0.126. The molecule has 0 bridgehead atoms. The van der Waals surface area contributed by atoms with Crippen molar-refractivity contribution in [1.29, 1.82) is 5.26 Å². The molecule has 1 N–H and O–H groups in total. The van der Waals surface area contributed by atoms with Crippen LogP contribution in [0.25, 0.3) is 0 Å². The number of sulfonamides is 1. The number of carbonyl (C=O) groups excluding carboxylic acids is 1. The summed E-state index contributed by atoms with van der Waals surface area (Å²) in [7, 11) is -3.66. The van der Waals surface area contributed by atoms with Crippen molar-refractivity contribution in [2.45, 2.75) is 13.3 Å². The minimum Gasteiger partial charge on any atom is -0.479 e. The van der Waals surface area contributed by atoms with Crippen molar-refractivity contribution in [1.82, 2.24) is 0 Å². The van der Waals surface area contributed by atoms with E-state index in [1.165, 1.54) is 6.07 Å². The van der Waals surface area contributed by atoms with Crippen molar-refractivity contribution >= 4 is 21.7 Å². The Morgan fingerprint density at radius 3 is 2.86 bits per heavy atom. The van der Waals surface area contributed by atoms with Crippen LogP contribution in [0.1, 0.15) is 13.3 Å². The first-order valence-electron chi connectivity index (χ1n) is 6.23. The first-order valence-corrected chi connectivity index (χ1v) is 7.88. The zero-order valence-electron chi connectivity index (χ0n) is 11.5. The van der Waals surface area contributed by atoms with Gasteiger partial charge >= 0.3 is 5.97 Å². The predicted molar refractivity (Wildman–Crippen MR) is 76.2 cm³/mol. The summed E-state index contributed by atoms with van der Waals surface area (Å²) in [6, 6.07) is 8.01. The molecule has 8 heteroatoms. The third kappa shape index (κ3) is 6.63. The molecule has 0 saturated carbocycles. The average molecular weight is 312 g/mol. The van der Waals surface area contributed by atoms with E-state index in [2.05, 4.69) is 9.46 Å². The number of nitrogens with zero attached hydrogens (tertiary/aromatic N) is 1. The normalized spacial score (nSPS) is 10.5. The van der Waals surface area contributed by atoms with Crippen LogP contribution in [0.3, 0.4) is 0 Å². The van der Waals surface area contributed by atoms with Crippen LogP contribution in [0, 0.1) is 11.3 Å². The van der Waals surface area contributed by atoms with Gasteiger partial charge in [0.05, 0.1) is 24.5 Å². The summed E-state index contributed by atoms with van der Waals surface area (Å²) < 4.78 is 35.7. The fourth-order valence-electron chi connectivity index (χ4n) is 1.45. The van der Waals surface area contributed by atoms with Gasteiger partial charge in [-0.25, -0.2) is 8.42 Å². The fraction of sp³-hybridized carbons (Fsp3) is 0.385. The van der Waals surface area contributed by atoms with Gasteiger partial charge in [-0.05, 0) is 19.1 Å². The first kappa shape index (κ1) is 16.8. The van der Waals surface area contributed by atoms with Gasteiger partial charge in [0, 0.05) is 6.07 Å². The van der Waals surface area contributed by atoms with Crippen LogP contribution in [0.4, 0.5) is 5.69 Å². The summed E-state index contributed by atoms with van der Waals surface area (Å²) in [6.45, 7) is 1.74. The number of benzene rings is 1. The number of esters is 1. The van der Waals surface area contributed by atoms with Crippen molar-refractivity contribution in [3.8, 4) is 11.8 Å². The number of hydrogen-bond acceptors (Lipinski definition) is 6. The second-order valence-corrected chi connectivity index (χ2v) is 5.79. The number of nitriles is 1. The highest BCUT2D eigenvalue weighted by atomic mass is 32.2. The number of carbonyl (C=O) groups is 1. The van der Waals surface area contributed by atoms with Gasteiger partial charge in [0.1, 0.15) is 11.8 Å². The first-order chi connectivity index (χ1) is 9.96. The Bertz CT molecular complexity index is 622. The zero-order chi connectivity index (χ0) is 15.7. The van der Waals surface area contributed by atoms with Gasteiger partial charge in [-0.1, -0.05) is 6.07 Å². The Balaban J connectivity index is 2.62. The highest BCUT2D eigenvalue weighted by Crippen LogP contribution is 2.18. The molecule has 1 aromatic rings. The molecule has 0 spiro atoms. The Morgan fingerprint density at radius 1 is 1.43 bits per heavy atom. The van der Waals surface area contributed by atoms with Gasteiger partial charge in [-0.2, -0.15) is 5.26 Å². The van der Waals surface area contributed by atoms with Gasteiger partial charge in [-0.15, -0.1) is 0 Å². The smallest absolute Gasteiger partial charge is 0.306 e. The molecule has 1 aromatic carbocycles. The van der Waals surface area contributed by atoms with Gasteiger partial charge in [0.2, 0.25) is 10.0 Å². The molecule has 0 aliphatic rings. The lowest BCUT2D eigenvalue weighted by Gasteiger charge is -2.09. The Morgan fingerprint density at radius 2 is 2.19 bits per heavy atom. The summed E-state index contributed by atoms with van der Waals surface area (Å²) in [5.74, 6) is -0.550. The number of rotatable bonds is 8. The van der Waals surface area contributed by atoms with Crippen molar-refractivity contribution in [2.24, 2.45) is 0 Å². The van der Waals surface area contributed by atoms with E-state index in [4.69, 9.17) is 10.00 Å². The van der Waals surface area contributed by atoms with E-state index >= 15 is 0 Å². The van der Waals surface area contributed by atoms with Gasteiger partial charge in [-0.3, -0.25) is 9.52 Å². The molecular formula is C13H16N2O5S. The lowest BCUT2D eigenvalue weighted by atomic mass is 10.3. The second-order valence-electron chi connectivity index (χ2n) is 3.95. The molecule has 114 valence electrons. The van der Waals surface area contributed by atoms with Crippen LogP contribution in [0.2, 0.25) is 0 Å².